The smallest absolute Gasteiger partial charge is 0.465 e. The summed E-state index contributed by atoms with van der Waals surface area (Å²) in [5, 5.41) is 17.9. The molecule has 16 heteroatoms. The second kappa shape index (κ2) is 7.08. The maximum atomic E-state index is 12.6. The summed E-state index contributed by atoms with van der Waals surface area (Å²) in [5.74, 6) is -5.58. The van der Waals surface area contributed by atoms with Gasteiger partial charge >= 0.3 is 36.4 Å². The number of nitrogens with zero attached hydrogens (tertiary/aromatic N) is 2. The number of carbonyl (C=O) groups is 4. The van der Waals surface area contributed by atoms with Gasteiger partial charge in [-0.3, -0.25) is 9.59 Å². The molecule has 0 saturated carbocycles. The molecule has 0 unspecified atom stereocenters. The second-order valence-electron chi connectivity index (χ2n) is 5.64. The van der Waals surface area contributed by atoms with Crippen molar-refractivity contribution in [2.24, 2.45) is 0 Å². The minimum absolute atomic E-state index is 0.649. The fourth-order valence-corrected chi connectivity index (χ4v) is 2.93. The number of rotatable bonds is 2. The Morgan fingerprint density at radius 3 is 1.21 bits per heavy atom. The van der Waals surface area contributed by atoms with E-state index in [9.17, 15) is 45.5 Å². The Hall–Kier alpha value is -2.62. The molecule has 2 N–H and O–H groups in total. The first-order chi connectivity index (χ1) is 12.7. The van der Waals surface area contributed by atoms with Gasteiger partial charge in [-0.2, -0.15) is 26.3 Å². The summed E-state index contributed by atoms with van der Waals surface area (Å²) in [4.78, 5) is 43.6. The lowest BCUT2D eigenvalue weighted by molar-refractivity contribution is -0.187. The zero-order valence-corrected chi connectivity index (χ0v) is 13.2. The van der Waals surface area contributed by atoms with E-state index in [-0.39, 0.29) is 0 Å². The van der Waals surface area contributed by atoms with E-state index in [1.165, 1.54) is 0 Å². The third-order valence-electron chi connectivity index (χ3n) is 4.00. The van der Waals surface area contributed by atoms with Crippen molar-refractivity contribution in [2.45, 2.75) is 36.6 Å². The van der Waals surface area contributed by atoms with Crippen LogP contribution in [-0.4, -0.2) is 93.9 Å². The topological polar surface area (TPSA) is 134 Å². The van der Waals surface area contributed by atoms with Crippen molar-refractivity contribution in [3.8, 4) is 0 Å². The molecule has 0 aromatic carbocycles. The van der Waals surface area contributed by atoms with Crippen molar-refractivity contribution in [2.75, 3.05) is 13.2 Å². The molecule has 4 amide bonds. The molecule has 0 spiro atoms. The largest absolute Gasteiger partial charge is 0.471 e. The van der Waals surface area contributed by atoms with E-state index in [2.05, 4.69) is 0 Å². The number of halogens is 6. The lowest BCUT2D eigenvalue weighted by atomic mass is 10.0. The lowest BCUT2D eigenvalue weighted by Crippen LogP contribution is -2.56. The highest BCUT2D eigenvalue weighted by atomic mass is 19.4. The van der Waals surface area contributed by atoms with E-state index in [0.29, 0.717) is 0 Å². The summed E-state index contributed by atoms with van der Waals surface area (Å²) >= 11 is 0. The third-order valence-corrected chi connectivity index (χ3v) is 4.00. The van der Waals surface area contributed by atoms with Crippen molar-refractivity contribution in [3.05, 3.63) is 0 Å². The Morgan fingerprint density at radius 1 is 0.714 bits per heavy atom. The molecule has 2 aliphatic heterocycles. The zero-order chi connectivity index (χ0) is 21.6. The van der Waals surface area contributed by atoms with Crippen LogP contribution in [-0.2, 0) is 19.1 Å². The lowest BCUT2D eigenvalue weighted by Gasteiger charge is -2.28. The van der Waals surface area contributed by atoms with Crippen LogP contribution in [0, 0.1) is 0 Å². The van der Waals surface area contributed by atoms with Crippen LogP contribution in [0.2, 0.25) is 0 Å². The van der Waals surface area contributed by atoms with E-state index in [4.69, 9.17) is 19.7 Å². The second-order valence-corrected chi connectivity index (χ2v) is 5.64. The molecule has 0 aromatic rings. The van der Waals surface area contributed by atoms with Gasteiger partial charge in [-0.15, -0.1) is 0 Å². The number of fused-ring (bicyclic) bond motifs is 1. The SMILES string of the molecule is O=C(O)N(C(=O)C(F)(F)F)[C@@H]1CO[C@H]2[C@@H]1OC[C@@H]2N(C(=O)O)C(=O)C(F)(F)F. The Labute approximate surface area is 150 Å². The quantitative estimate of drug-likeness (QED) is 0.618. The van der Waals surface area contributed by atoms with Crippen LogP contribution in [0.15, 0.2) is 0 Å². The number of alkyl halides is 6. The van der Waals surface area contributed by atoms with Crippen LogP contribution in [0.1, 0.15) is 0 Å². The predicted octanol–water partition coefficient (Wildman–Crippen LogP) is 0.659. The Balaban J connectivity index is 2.30. The molecule has 158 valence electrons. The predicted molar refractivity (Wildman–Crippen MR) is 68.9 cm³/mol. The summed E-state index contributed by atoms with van der Waals surface area (Å²) in [6.45, 7) is -1.82. The summed E-state index contributed by atoms with van der Waals surface area (Å²) in [5.41, 5.74) is 0. The fourth-order valence-electron chi connectivity index (χ4n) is 2.93. The van der Waals surface area contributed by atoms with Crippen LogP contribution in [0.25, 0.3) is 0 Å². The van der Waals surface area contributed by atoms with Crippen LogP contribution >= 0.6 is 0 Å². The molecule has 2 saturated heterocycles. The van der Waals surface area contributed by atoms with Gasteiger partial charge < -0.3 is 19.7 Å². The Bertz CT molecular complexity index is 637. The molecule has 10 nitrogen and oxygen atoms in total. The highest BCUT2D eigenvalue weighted by Crippen LogP contribution is 2.35. The highest BCUT2D eigenvalue weighted by molar-refractivity contribution is 5.95. The molecule has 2 aliphatic rings. The van der Waals surface area contributed by atoms with Crippen LogP contribution in [0.4, 0.5) is 35.9 Å². The highest BCUT2D eigenvalue weighted by Gasteiger charge is 2.60. The van der Waals surface area contributed by atoms with Crippen LogP contribution < -0.4 is 0 Å². The van der Waals surface area contributed by atoms with Crippen molar-refractivity contribution in [1.82, 2.24) is 9.80 Å². The van der Waals surface area contributed by atoms with Gasteiger partial charge in [-0.25, -0.2) is 19.4 Å². The first kappa shape index (κ1) is 21.7. The number of amides is 4. The Morgan fingerprint density at radius 2 is 1.00 bits per heavy atom. The average Bonchev–Trinajstić information content (AvgIpc) is 3.09. The van der Waals surface area contributed by atoms with Gasteiger partial charge in [0.25, 0.3) is 0 Å². The molecule has 4 atom stereocenters. The molecule has 2 heterocycles. The first-order valence-corrected chi connectivity index (χ1v) is 7.17. The summed E-state index contributed by atoms with van der Waals surface area (Å²) in [6, 6.07) is -3.84. The van der Waals surface area contributed by atoms with Gasteiger partial charge in [0.05, 0.1) is 25.3 Å². The van der Waals surface area contributed by atoms with Crippen molar-refractivity contribution < 1.29 is 65.2 Å². The van der Waals surface area contributed by atoms with E-state index in [0.717, 1.165) is 0 Å². The molecule has 0 bridgehead atoms. The van der Waals surface area contributed by atoms with E-state index < -0.39 is 83.7 Å². The number of hydrogen-bond donors (Lipinski definition) is 2. The standard InChI is InChI=1S/C12H10F6N2O8/c13-11(14,15)7(21)19(9(23)24)3-1-27-6-4(2-28-5(3)6)20(10(25)26)8(22)12(16,17)18/h3-6H,1-2H2,(H,23,24)(H,25,26)/t3-,4+,5-,6-/m1/s1. The molecule has 0 aliphatic carbocycles. The van der Waals surface area contributed by atoms with Crippen molar-refractivity contribution in [1.29, 1.82) is 0 Å². The minimum atomic E-state index is -5.59. The normalized spacial score (nSPS) is 27.2. The van der Waals surface area contributed by atoms with Gasteiger partial charge in [0.2, 0.25) is 0 Å². The van der Waals surface area contributed by atoms with Gasteiger partial charge in [-0.1, -0.05) is 0 Å². The minimum Gasteiger partial charge on any atom is -0.465 e. The number of carbonyl (C=O) groups excluding carboxylic acids is 2. The van der Waals surface area contributed by atoms with Crippen molar-refractivity contribution in [3.63, 3.8) is 0 Å². The first-order valence-electron chi connectivity index (χ1n) is 7.17. The zero-order valence-electron chi connectivity index (χ0n) is 13.2. The average molecular weight is 424 g/mol. The van der Waals surface area contributed by atoms with Gasteiger partial charge in [-0.05, 0) is 0 Å². The summed E-state index contributed by atoms with van der Waals surface area (Å²) in [7, 11) is 0. The fraction of sp³-hybridized carbons (Fsp3) is 0.667. The molecular weight excluding hydrogens is 414 g/mol. The summed E-state index contributed by atoms with van der Waals surface area (Å²) < 4.78 is 85.5. The molecule has 0 radical (unpaired) electrons. The van der Waals surface area contributed by atoms with E-state index >= 15 is 0 Å². The number of imide groups is 2. The maximum Gasteiger partial charge on any atom is 0.471 e. The van der Waals surface area contributed by atoms with Crippen LogP contribution in [0.5, 0.6) is 0 Å². The maximum absolute atomic E-state index is 12.6. The number of carboxylic acid groups (broad SMARTS) is 2. The number of hydrogen-bond acceptors (Lipinski definition) is 6. The molecular formula is C12H10F6N2O8. The third kappa shape index (κ3) is 3.82. The van der Waals surface area contributed by atoms with E-state index in [1.807, 2.05) is 0 Å². The molecule has 2 rings (SSSR count). The van der Waals surface area contributed by atoms with Crippen molar-refractivity contribution >= 4 is 24.0 Å². The monoisotopic (exact) mass is 424 g/mol. The van der Waals surface area contributed by atoms with E-state index in [1.54, 1.807) is 0 Å². The number of ether oxygens (including phenoxy) is 2. The Kier molecular flexibility index (Phi) is 5.48. The summed E-state index contributed by atoms with van der Waals surface area (Å²) in [6.07, 6.45) is -19.3. The van der Waals surface area contributed by atoms with Crippen LogP contribution in [0.3, 0.4) is 0 Å². The molecule has 0 aromatic heterocycles. The molecule has 2 fully saturated rings. The van der Waals surface area contributed by atoms with Gasteiger partial charge in [0.15, 0.2) is 0 Å². The van der Waals surface area contributed by atoms with Gasteiger partial charge in [0, 0.05) is 0 Å². The molecule has 28 heavy (non-hydrogen) atoms. The van der Waals surface area contributed by atoms with Gasteiger partial charge in [0.1, 0.15) is 12.2 Å².